The summed E-state index contributed by atoms with van der Waals surface area (Å²) in [6.07, 6.45) is 2.77. The Hall–Kier alpha value is -1.73. The Morgan fingerprint density at radius 2 is 2.00 bits per heavy atom. The Kier molecular flexibility index (Phi) is 5.54. The number of carbonyl (C=O) groups is 1. The molecule has 3 rings (SSSR count). The fraction of sp³-hybridized carbons (Fsp3) is 0.722. The molecule has 25 heavy (non-hydrogen) atoms. The second-order valence-corrected chi connectivity index (χ2v) is 7.30. The number of hydrogen-bond donors (Lipinski definition) is 0. The van der Waals surface area contributed by atoms with E-state index in [1.165, 1.54) is 0 Å². The quantitative estimate of drug-likeness (QED) is 0.809. The molecule has 2 aliphatic heterocycles. The third-order valence-corrected chi connectivity index (χ3v) is 5.26. The van der Waals surface area contributed by atoms with E-state index >= 15 is 0 Å². The van der Waals surface area contributed by atoms with Gasteiger partial charge in [-0.25, -0.2) is 9.97 Å². The zero-order chi connectivity index (χ0) is 18.0. The first kappa shape index (κ1) is 18.1. The lowest BCUT2D eigenvalue weighted by Crippen LogP contribution is -2.53. The van der Waals surface area contributed by atoms with Crippen molar-refractivity contribution >= 4 is 11.9 Å². The second-order valence-electron chi connectivity index (χ2n) is 7.30. The zero-order valence-corrected chi connectivity index (χ0v) is 15.7. The first-order chi connectivity index (χ1) is 12.0. The van der Waals surface area contributed by atoms with Crippen LogP contribution in [0.25, 0.3) is 0 Å². The van der Waals surface area contributed by atoms with Crippen molar-refractivity contribution in [3.8, 4) is 0 Å². The number of likely N-dealkylation sites (tertiary alicyclic amines) is 1. The minimum absolute atomic E-state index is 0.0583. The van der Waals surface area contributed by atoms with Crippen LogP contribution in [0.3, 0.4) is 0 Å². The van der Waals surface area contributed by atoms with Gasteiger partial charge in [0.05, 0.1) is 12.1 Å². The highest BCUT2D eigenvalue weighted by Crippen LogP contribution is 2.21. The number of piperazine rings is 1. The topological polar surface area (TPSA) is 61.8 Å². The van der Waals surface area contributed by atoms with E-state index < -0.39 is 0 Å². The summed E-state index contributed by atoms with van der Waals surface area (Å²) in [5.41, 5.74) is 1.06. The van der Waals surface area contributed by atoms with Gasteiger partial charge in [-0.15, -0.1) is 0 Å². The van der Waals surface area contributed by atoms with Gasteiger partial charge in [-0.05, 0) is 25.5 Å². The molecule has 3 heterocycles. The van der Waals surface area contributed by atoms with Gasteiger partial charge in [0, 0.05) is 51.7 Å². The number of hydrogen-bond acceptors (Lipinski definition) is 6. The summed E-state index contributed by atoms with van der Waals surface area (Å²) in [5, 5.41) is 0. The maximum Gasteiger partial charge on any atom is 0.240 e. The lowest BCUT2D eigenvalue weighted by molar-refractivity contribution is -0.135. The van der Waals surface area contributed by atoms with Gasteiger partial charge in [0.2, 0.25) is 11.9 Å². The maximum absolute atomic E-state index is 12.8. The number of aromatic nitrogens is 2. The van der Waals surface area contributed by atoms with Crippen LogP contribution in [0.5, 0.6) is 0 Å². The van der Waals surface area contributed by atoms with Crippen LogP contribution in [-0.2, 0) is 9.53 Å². The van der Waals surface area contributed by atoms with Crippen LogP contribution in [0.1, 0.15) is 31.9 Å². The highest BCUT2D eigenvalue weighted by molar-refractivity contribution is 5.82. The van der Waals surface area contributed by atoms with Gasteiger partial charge >= 0.3 is 0 Å². The number of carbonyl (C=O) groups excluding carboxylic acids is 1. The molecule has 1 amide bonds. The van der Waals surface area contributed by atoms with Gasteiger partial charge in [-0.3, -0.25) is 9.69 Å². The Balaban J connectivity index is 1.58. The fourth-order valence-electron chi connectivity index (χ4n) is 3.59. The Morgan fingerprint density at radius 3 is 2.60 bits per heavy atom. The van der Waals surface area contributed by atoms with Crippen molar-refractivity contribution in [3.63, 3.8) is 0 Å². The number of ether oxygens (including phenoxy) is 1. The van der Waals surface area contributed by atoms with Crippen molar-refractivity contribution in [2.45, 2.75) is 38.3 Å². The van der Waals surface area contributed by atoms with E-state index in [0.717, 1.165) is 50.8 Å². The summed E-state index contributed by atoms with van der Waals surface area (Å²) in [7, 11) is 3.72. The number of amides is 1. The minimum atomic E-state index is -0.0583. The predicted molar refractivity (Wildman–Crippen MR) is 96.7 cm³/mol. The molecule has 1 aromatic rings. The molecule has 0 bridgehead atoms. The molecule has 2 atom stereocenters. The lowest BCUT2D eigenvalue weighted by atomic mass is 10.1. The number of anilines is 1. The number of likely N-dealkylation sites (N-methyl/N-ethyl adjacent to an activating group) is 1. The fourth-order valence-corrected chi connectivity index (χ4v) is 3.59. The molecule has 0 spiro atoms. The number of nitrogens with zero attached hydrogens (tertiary/aromatic N) is 5. The monoisotopic (exact) mass is 347 g/mol. The minimum Gasteiger partial charge on any atom is -0.380 e. The SMILES string of the molecule is CO[C@H]1C[C@@H](C(=O)N2CCN(c3nccc(C(C)C)n3)CC2)N(C)C1. The van der Waals surface area contributed by atoms with Crippen molar-refractivity contribution in [3.05, 3.63) is 18.0 Å². The molecule has 0 aromatic carbocycles. The number of rotatable bonds is 4. The first-order valence-electron chi connectivity index (χ1n) is 9.09. The number of methoxy groups -OCH3 is 1. The van der Waals surface area contributed by atoms with Crippen molar-refractivity contribution in [1.29, 1.82) is 0 Å². The average molecular weight is 347 g/mol. The summed E-state index contributed by atoms with van der Waals surface area (Å²) in [6.45, 7) is 8.08. The van der Waals surface area contributed by atoms with E-state index in [4.69, 9.17) is 4.74 Å². The molecule has 2 fully saturated rings. The van der Waals surface area contributed by atoms with Gasteiger partial charge < -0.3 is 14.5 Å². The molecular formula is C18H29N5O2. The molecule has 7 nitrogen and oxygen atoms in total. The second kappa shape index (κ2) is 7.66. The van der Waals surface area contributed by atoms with Crippen molar-refractivity contribution in [2.24, 2.45) is 0 Å². The van der Waals surface area contributed by atoms with Crippen LogP contribution in [0, 0.1) is 0 Å². The molecule has 0 unspecified atom stereocenters. The summed E-state index contributed by atoms with van der Waals surface area (Å²) in [6, 6.07) is 1.91. The summed E-state index contributed by atoms with van der Waals surface area (Å²) < 4.78 is 5.42. The molecule has 0 radical (unpaired) electrons. The van der Waals surface area contributed by atoms with Crippen LogP contribution >= 0.6 is 0 Å². The van der Waals surface area contributed by atoms with Gasteiger partial charge in [-0.2, -0.15) is 0 Å². The van der Waals surface area contributed by atoms with E-state index in [2.05, 4.69) is 33.6 Å². The van der Waals surface area contributed by atoms with Crippen molar-refractivity contribution in [2.75, 3.05) is 51.8 Å². The van der Waals surface area contributed by atoms with Crippen LogP contribution in [-0.4, -0.2) is 84.7 Å². The molecule has 2 aliphatic rings. The average Bonchev–Trinajstić information content (AvgIpc) is 3.02. The first-order valence-corrected chi connectivity index (χ1v) is 9.09. The van der Waals surface area contributed by atoms with Crippen LogP contribution < -0.4 is 4.90 Å². The zero-order valence-electron chi connectivity index (χ0n) is 15.7. The Morgan fingerprint density at radius 1 is 1.28 bits per heavy atom. The molecule has 0 aliphatic carbocycles. The molecular weight excluding hydrogens is 318 g/mol. The summed E-state index contributed by atoms with van der Waals surface area (Å²) >= 11 is 0. The largest absolute Gasteiger partial charge is 0.380 e. The molecule has 0 N–H and O–H groups in total. The standard InChI is InChI=1S/C18H29N5O2/c1-13(2)15-5-6-19-18(20-15)23-9-7-22(8-10-23)17(24)16-11-14(25-4)12-21(16)3/h5-6,13-14,16H,7-12H2,1-4H3/t14-,16-/m0/s1. The van der Waals surface area contributed by atoms with Gasteiger partial charge in [0.1, 0.15) is 0 Å². The predicted octanol–water partition coefficient (Wildman–Crippen LogP) is 0.968. The summed E-state index contributed by atoms with van der Waals surface area (Å²) in [4.78, 5) is 28.2. The van der Waals surface area contributed by atoms with Gasteiger partial charge in [0.15, 0.2) is 0 Å². The van der Waals surface area contributed by atoms with Crippen LogP contribution in [0.15, 0.2) is 12.3 Å². The Bertz CT molecular complexity index is 601. The molecule has 1 aromatic heterocycles. The van der Waals surface area contributed by atoms with Crippen molar-refractivity contribution < 1.29 is 9.53 Å². The van der Waals surface area contributed by atoms with E-state index in [0.29, 0.717) is 5.92 Å². The Labute approximate surface area is 150 Å². The maximum atomic E-state index is 12.8. The van der Waals surface area contributed by atoms with Gasteiger partial charge in [-0.1, -0.05) is 13.8 Å². The third-order valence-electron chi connectivity index (χ3n) is 5.26. The van der Waals surface area contributed by atoms with E-state index in [-0.39, 0.29) is 18.1 Å². The highest BCUT2D eigenvalue weighted by Gasteiger charge is 2.37. The third kappa shape index (κ3) is 3.93. The molecule has 2 saturated heterocycles. The molecule has 0 saturated carbocycles. The van der Waals surface area contributed by atoms with E-state index in [1.807, 2.05) is 24.2 Å². The van der Waals surface area contributed by atoms with E-state index in [1.54, 1.807) is 7.11 Å². The van der Waals surface area contributed by atoms with Crippen LogP contribution in [0.4, 0.5) is 5.95 Å². The smallest absolute Gasteiger partial charge is 0.240 e. The van der Waals surface area contributed by atoms with E-state index in [9.17, 15) is 4.79 Å². The normalized spacial score (nSPS) is 25.0. The van der Waals surface area contributed by atoms with Gasteiger partial charge in [0.25, 0.3) is 0 Å². The van der Waals surface area contributed by atoms with Crippen LogP contribution in [0.2, 0.25) is 0 Å². The molecule has 7 heteroatoms. The highest BCUT2D eigenvalue weighted by atomic mass is 16.5. The lowest BCUT2D eigenvalue weighted by Gasteiger charge is -2.36. The molecule has 138 valence electrons. The summed E-state index contributed by atoms with van der Waals surface area (Å²) in [5.74, 6) is 1.38. The van der Waals surface area contributed by atoms with Crippen molar-refractivity contribution in [1.82, 2.24) is 19.8 Å².